The van der Waals surface area contributed by atoms with Crippen LogP contribution in [-0.2, 0) is 6.67 Å². The van der Waals surface area contributed by atoms with E-state index in [1.54, 1.807) is 0 Å². The SMILES string of the molecule is Cc1ccc(/C=C/c2nc(=S)n(CN3CCCC3c3cccs3)[nH]2)o1. The molecule has 0 amide bonds. The highest BCUT2D eigenvalue weighted by Gasteiger charge is 2.27. The number of hydrogen-bond acceptors (Lipinski definition) is 5. The summed E-state index contributed by atoms with van der Waals surface area (Å²) in [4.78, 5) is 8.32. The van der Waals surface area contributed by atoms with E-state index in [0.29, 0.717) is 10.8 Å². The lowest BCUT2D eigenvalue weighted by atomic mass is 10.2. The van der Waals surface area contributed by atoms with Crippen molar-refractivity contribution in [2.24, 2.45) is 0 Å². The minimum Gasteiger partial charge on any atom is -0.462 e. The molecule has 130 valence electrons. The number of likely N-dealkylation sites (tertiary alicyclic amines) is 1. The molecule has 3 aromatic heterocycles. The summed E-state index contributed by atoms with van der Waals surface area (Å²) in [5.74, 6) is 2.45. The second kappa shape index (κ2) is 7.11. The zero-order valence-electron chi connectivity index (χ0n) is 14.0. The molecule has 1 aliphatic rings. The third-order valence-corrected chi connectivity index (χ3v) is 5.71. The van der Waals surface area contributed by atoms with Gasteiger partial charge in [-0.2, -0.15) is 4.98 Å². The lowest BCUT2D eigenvalue weighted by Crippen LogP contribution is -2.26. The molecule has 0 radical (unpaired) electrons. The summed E-state index contributed by atoms with van der Waals surface area (Å²) in [5, 5.41) is 5.43. The Bertz CT molecular complexity index is 919. The van der Waals surface area contributed by atoms with E-state index in [4.69, 9.17) is 16.6 Å². The Morgan fingerprint density at radius 3 is 3.08 bits per heavy atom. The van der Waals surface area contributed by atoms with Gasteiger partial charge in [0.2, 0.25) is 4.77 Å². The summed E-state index contributed by atoms with van der Waals surface area (Å²) >= 11 is 7.25. The Hall–Kier alpha value is -1.96. The van der Waals surface area contributed by atoms with Crippen LogP contribution >= 0.6 is 23.6 Å². The highest BCUT2D eigenvalue weighted by Crippen LogP contribution is 2.34. The molecule has 0 bridgehead atoms. The number of aryl methyl sites for hydroxylation is 1. The molecule has 0 aromatic carbocycles. The Morgan fingerprint density at radius 1 is 1.40 bits per heavy atom. The standard InChI is InChI=1S/C18H20N4OS2/c1-13-6-7-14(23-13)8-9-17-19-18(24)22(20-17)12-21-10-2-4-15(21)16-5-3-11-25-16/h3,5-9,11,15H,2,4,10,12H2,1H3,(H,19,20,24)/b9-8+. The first-order valence-electron chi connectivity index (χ1n) is 8.38. The van der Waals surface area contributed by atoms with Crippen molar-refractivity contribution in [2.45, 2.75) is 32.5 Å². The van der Waals surface area contributed by atoms with E-state index in [1.807, 2.05) is 47.2 Å². The summed E-state index contributed by atoms with van der Waals surface area (Å²) in [6.45, 7) is 3.75. The van der Waals surface area contributed by atoms with Crippen LogP contribution in [0.4, 0.5) is 0 Å². The molecule has 1 aliphatic heterocycles. The van der Waals surface area contributed by atoms with Crippen LogP contribution in [0, 0.1) is 11.7 Å². The Morgan fingerprint density at radius 2 is 2.32 bits per heavy atom. The van der Waals surface area contributed by atoms with E-state index in [1.165, 1.54) is 17.7 Å². The van der Waals surface area contributed by atoms with Gasteiger partial charge in [-0.25, -0.2) is 4.68 Å². The van der Waals surface area contributed by atoms with Crippen molar-refractivity contribution in [3.63, 3.8) is 0 Å². The quantitative estimate of drug-likeness (QED) is 0.649. The van der Waals surface area contributed by atoms with E-state index in [-0.39, 0.29) is 0 Å². The number of aromatic amines is 1. The molecule has 3 aromatic rings. The van der Waals surface area contributed by atoms with Gasteiger partial charge in [-0.3, -0.25) is 10.00 Å². The van der Waals surface area contributed by atoms with Crippen LogP contribution < -0.4 is 0 Å². The summed E-state index contributed by atoms with van der Waals surface area (Å²) in [6, 6.07) is 8.71. The molecule has 4 rings (SSSR count). The highest BCUT2D eigenvalue weighted by atomic mass is 32.1. The molecule has 5 nitrogen and oxygen atoms in total. The largest absolute Gasteiger partial charge is 0.462 e. The summed E-state index contributed by atoms with van der Waals surface area (Å²) in [7, 11) is 0. The van der Waals surface area contributed by atoms with Gasteiger partial charge in [0.05, 0.1) is 6.67 Å². The molecule has 7 heteroatoms. The van der Waals surface area contributed by atoms with Gasteiger partial charge in [0.25, 0.3) is 0 Å². The molecule has 1 N–H and O–H groups in total. The molecule has 1 unspecified atom stereocenters. The second-order valence-corrected chi connectivity index (χ2v) is 7.57. The zero-order valence-corrected chi connectivity index (χ0v) is 15.6. The predicted molar refractivity (Wildman–Crippen MR) is 103 cm³/mol. The van der Waals surface area contributed by atoms with Gasteiger partial charge < -0.3 is 4.42 Å². The Kier molecular flexibility index (Phi) is 4.70. The van der Waals surface area contributed by atoms with Crippen LogP contribution in [-0.4, -0.2) is 26.2 Å². The summed E-state index contributed by atoms with van der Waals surface area (Å²) in [6.07, 6.45) is 6.21. The number of thiophene rings is 1. The van der Waals surface area contributed by atoms with Gasteiger partial charge in [0.15, 0.2) is 0 Å². The van der Waals surface area contributed by atoms with E-state index in [0.717, 1.165) is 30.6 Å². The maximum Gasteiger partial charge on any atom is 0.217 e. The molecule has 0 spiro atoms. The van der Waals surface area contributed by atoms with Crippen LogP contribution in [0.3, 0.4) is 0 Å². The molecule has 1 saturated heterocycles. The summed E-state index contributed by atoms with van der Waals surface area (Å²) < 4.78 is 8.05. The Labute approximate surface area is 155 Å². The van der Waals surface area contributed by atoms with Crippen LogP contribution in [0.15, 0.2) is 34.1 Å². The number of H-pyrrole nitrogens is 1. The van der Waals surface area contributed by atoms with E-state index in [2.05, 4.69) is 32.5 Å². The lowest BCUT2D eigenvalue weighted by molar-refractivity contribution is 0.192. The maximum atomic E-state index is 5.54. The monoisotopic (exact) mass is 372 g/mol. The molecule has 0 saturated carbocycles. The van der Waals surface area contributed by atoms with Crippen molar-refractivity contribution >= 4 is 35.7 Å². The van der Waals surface area contributed by atoms with Gasteiger partial charge in [-0.05, 0) is 67.7 Å². The minimum absolute atomic E-state index is 0.482. The number of nitrogens with one attached hydrogen (secondary N) is 1. The number of hydrogen-bond donors (Lipinski definition) is 1. The zero-order chi connectivity index (χ0) is 17.2. The number of furan rings is 1. The van der Waals surface area contributed by atoms with Crippen molar-refractivity contribution in [1.29, 1.82) is 0 Å². The van der Waals surface area contributed by atoms with E-state index in [9.17, 15) is 0 Å². The fraction of sp³-hybridized carbons (Fsp3) is 0.333. The average Bonchev–Trinajstić information content (AvgIpc) is 3.35. The molecule has 25 heavy (non-hydrogen) atoms. The second-order valence-electron chi connectivity index (χ2n) is 6.23. The lowest BCUT2D eigenvalue weighted by Gasteiger charge is -2.23. The first-order valence-corrected chi connectivity index (χ1v) is 9.67. The third kappa shape index (κ3) is 3.68. The van der Waals surface area contributed by atoms with Gasteiger partial charge in [-0.15, -0.1) is 11.3 Å². The molecule has 0 aliphatic carbocycles. The third-order valence-electron chi connectivity index (χ3n) is 4.42. The van der Waals surface area contributed by atoms with Gasteiger partial charge in [0.1, 0.15) is 17.3 Å². The van der Waals surface area contributed by atoms with E-state index >= 15 is 0 Å². The minimum atomic E-state index is 0.482. The topological polar surface area (TPSA) is 50.0 Å². The molecular weight excluding hydrogens is 352 g/mol. The molecule has 4 heterocycles. The van der Waals surface area contributed by atoms with Crippen molar-refractivity contribution in [3.8, 4) is 0 Å². The Balaban J connectivity index is 1.49. The van der Waals surface area contributed by atoms with Crippen molar-refractivity contribution in [3.05, 3.63) is 56.6 Å². The van der Waals surface area contributed by atoms with Crippen LogP contribution in [0.5, 0.6) is 0 Å². The fourth-order valence-electron chi connectivity index (χ4n) is 3.23. The van der Waals surface area contributed by atoms with Gasteiger partial charge in [0, 0.05) is 17.5 Å². The van der Waals surface area contributed by atoms with Gasteiger partial charge >= 0.3 is 0 Å². The highest BCUT2D eigenvalue weighted by molar-refractivity contribution is 7.71. The van der Waals surface area contributed by atoms with Crippen LogP contribution in [0.2, 0.25) is 0 Å². The fourth-order valence-corrected chi connectivity index (χ4v) is 4.33. The van der Waals surface area contributed by atoms with Crippen molar-refractivity contribution in [2.75, 3.05) is 6.54 Å². The summed E-state index contributed by atoms with van der Waals surface area (Å²) in [5.41, 5.74) is 0. The van der Waals surface area contributed by atoms with Crippen LogP contribution in [0.1, 0.15) is 41.1 Å². The van der Waals surface area contributed by atoms with E-state index < -0.39 is 0 Å². The van der Waals surface area contributed by atoms with Gasteiger partial charge in [-0.1, -0.05) is 6.07 Å². The normalized spacial score (nSPS) is 18.5. The van der Waals surface area contributed by atoms with Crippen LogP contribution in [0.25, 0.3) is 12.2 Å². The van der Waals surface area contributed by atoms with Crippen molar-refractivity contribution < 1.29 is 4.42 Å². The molecular formula is C18H20N4OS2. The number of rotatable bonds is 5. The number of aromatic nitrogens is 3. The molecule has 1 atom stereocenters. The smallest absolute Gasteiger partial charge is 0.217 e. The first kappa shape index (κ1) is 16.5. The molecule has 1 fully saturated rings. The van der Waals surface area contributed by atoms with Crippen molar-refractivity contribution in [1.82, 2.24) is 19.7 Å². The maximum absolute atomic E-state index is 5.54. The number of nitrogens with zero attached hydrogens (tertiary/aromatic N) is 3. The predicted octanol–water partition coefficient (Wildman–Crippen LogP) is 4.87. The average molecular weight is 373 g/mol. The first-order chi connectivity index (χ1) is 12.2.